The normalized spacial score (nSPS) is 20.8. The van der Waals surface area contributed by atoms with Gasteiger partial charge in [-0.05, 0) is 51.0 Å². The number of likely N-dealkylation sites (N-methyl/N-ethyl adjacent to an activating group) is 1. The van der Waals surface area contributed by atoms with Crippen LogP contribution >= 0.6 is 0 Å². The average Bonchev–Trinajstić information content (AvgIpc) is 2.73. The molecule has 190 valence electrons. The van der Waals surface area contributed by atoms with Crippen molar-refractivity contribution in [3.8, 4) is 0 Å². The number of carbonyl (C=O) groups excluding carboxylic acids is 2. The number of nitrogens with zero attached hydrogens (tertiary/aromatic N) is 2. The topological polar surface area (TPSA) is 90.0 Å². The predicted octanol–water partition coefficient (Wildman–Crippen LogP) is 4.07. The van der Waals surface area contributed by atoms with Crippen molar-refractivity contribution in [2.75, 3.05) is 13.6 Å². The van der Waals surface area contributed by atoms with E-state index in [2.05, 4.69) is 24.1 Å². The van der Waals surface area contributed by atoms with Crippen molar-refractivity contribution in [1.29, 1.82) is 0 Å². The zero-order valence-corrected chi connectivity index (χ0v) is 22.3. The average molecular weight is 466 g/mol. The Bertz CT molecular complexity index is 711. The minimum absolute atomic E-state index is 0.0216. The summed E-state index contributed by atoms with van der Waals surface area (Å²) in [4.78, 5) is 42.4. The monoisotopic (exact) mass is 465 g/mol. The van der Waals surface area contributed by atoms with E-state index in [9.17, 15) is 19.5 Å². The lowest BCUT2D eigenvalue weighted by molar-refractivity contribution is -0.142. The summed E-state index contributed by atoms with van der Waals surface area (Å²) in [6, 6.07) is -0.989. The lowest BCUT2D eigenvalue weighted by Gasteiger charge is -2.41. The van der Waals surface area contributed by atoms with E-state index < -0.39 is 17.4 Å². The first kappa shape index (κ1) is 29.1. The number of hydrogen-bond donors (Lipinski definition) is 2. The molecule has 1 aliphatic heterocycles. The Balaban J connectivity index is 3.16. The second kappa shape index (κ2) is 12.5. The Labute approximate surface area is 201 Å². The van der Waals surface area contributed by atoms with Gasteiger partial charge in [-0.25, -0.2) is 4.79 Å². The van der Waals surface area contributed by atoms with Crippen LogP contribution in [0.3, 0.4) is 0 Å². The molecule has 0 aromatic rings. The van der Waals surface area contributed by atoms with Gasteiger partial charge < -0.3 is 15.3 Å². The molecule has 1 fully saturated rings. The minimum Gasteiger partial charge on any atom is -0.478 e. The highest BCUT2D eigenvalue weighted by molar-refractivity contribution is 5.91. The molecule has 2 amide bonds. The second-order valence-electron chi connectivity index (χ2n) is 11.0. The van der Waals surface area contributed by atoms with Crippen molar-refractivity contribution in [3.05, 3.63) is 11.6 Å². The number of carboxylic acid groups (broad SMARTS) is 1. The lowest BCUT2D eigenvalue weighted by Crippen LogP contribution is -2.60. The Hall–Kier alpha value is -1.89. The molecule has 1 heterocycles. The summed E-state index contributed by atoms with van der Waals surface area (Å²) in [7, 11) is 1.69. The number of carboxylic acids is 1. The van der Waals surface area contributed by atoms with Crippen molar-refractivity contribution in [3.63, 3.8) is 0 Å². The Morgan fingerprint density at radius 2 is 1.79 bits per heavy atom. The van der Waals surface area contributed by atoms with Gasteiger partial charge in [0, 0.05) is 18.7 Å². The van der Waals surface area contributed by atoms with Crippen molar-refractivity contribution in [2.45, 2.75) is 112 Å². The van der Waals surface area contributed by atoms with E-state index in [1.54, 1.807) is 18.0 Å². The molecule has 0 radical (unpaired) electrons. The van der Waals surface area contributed by atoms with Crippen LogP contribution in [0.15, 0.2) is 11.6 Å². The first-order valence-electron chi connectivity index (χ1n) is 12.5. The zero-order chi connectivity index (χ0) is 25.5. The van der Waals surface area contributed by atoms with Gasteiger partial charge in [-0.15, -0.1) is 0 Å². The maximum atomic E-state index is 13.6. The van der Waals surface area contributed by atoms with Crippen LogP contribution in [-0.2, 0) is 14.4 Å². The number of nitrogens with one attached hydrogen (secondary N) is 1. The fourth-order valence-corrected chi connectivity index (χ4v) is 4.66. The number of piperidine rings is 1. The molecule has 1 aliphatic rings. The van der Waals surface area contributed by atoms with Crippen molar-refractivity contribution in [1.82, 2.24) is 15.1 Å². The van der Waals surface area contributed by atoms with Gasteiger partial charge in [-0.1, -0.05) is 60.5 Å². The zero-order valence-electron chi connectivity index (χ0n) is 22.3. The molecule has 2 unspecified atom stereocenters. The van der Waals surface area contributed by atoms with Crippen LogP contribution < -0.4 is 5.32 Å². The number of rotatable bonds is 10. The molecule has 4 atom stereocenters. The smallest absolute Gasteiger partial charge is 0.331 e. The highest BCUT2D eigenvalue weighted by Gasteiger charge is 2.40. The van der Waals surface area contributed by atoms with Gasteiger partial charge in [0.1, 0.15) is 6.04 Å². The molecular formula is C26H47N3O4. The highest BCUT2D eigenvalue weighted by Crippen LogP contribution is 2.26. The summed E-state index contributed by atoms with van der Waals surface area (Å²) in [6.45, 7) is 16.5. The predicted molar refractivity (Wildman–Crippen MR) is 133 cm³/mol. The van der Waals surface area contributed by atoms with E-state index >= 15 is 0 Å². The van der Waals surface area contributed by atoms with E-state index in [4.69, 9.17) is 0 Å². The standard InChI is InChI=1S/C26H47N3O4/c1-10-13-19(5)29-15-12-11-14-20(29)23(30)27-22(26(6,7)8)24(31)28(9)21(17(2)3)16-18(4)25(32)33/h16-17,19-22H,10-15H2,1-9H3,(H,27,30)(H,32,33)/b18-16+/t19?,20-,21-,22?/m1/s1. The van der Waals surface area contributed by atoms with Crippen LogP contribution in [0.1, 0.15) is 87.5 Å². The molecule has 0 aromatic carbocycles. The molecule has 0 aromatic heterocycles. The molecule has 0 spiro atoms. The number of likely N-dealkylation sites (tertiary alicyclic amines) is 1. The van der Waals surface area contributed by atoms with Gasteiger partial charge in [-0.2, -0.15) is 0 Å². The maximum absolute atomic E-state index is 13.6. The van der Waals surface area contributed by atoms with Crippen LogP contribution in [0.5, 0.6) is 0 Å². The Morgan fingerprint density at radius 3 is 2.27 bits per heavy atom. The molecule has 1 rings (SSSR count). The molecule has 7 nitrogen and oxygen atoms in total. The Morgan fingerprint density at radius 1 is 1.18 bits per heavy atom. The molecule has 0 bridgehead atoms. The van der Waals surface area contributed by atoms with Gasteiger partial charge >= 0.3 is 5.97 Å². The van der Waals surface area contributed by atoms with Gasteiger partial charge in [0.15, 0.2) is 0 Å². The van der Waals surface area contributed by atoms with E-state index in [0.717, 1.165) is 38.6 Å². The van der Waals surface area contributed by atoms with Crippen LogP contribution in [0, 0.1) is 11.3 Å². The molecule has 7 heteroatoms. The Kier molecular flexibility index (Phi) is 11.1. The summed E-state index contributed by atoms with van der Waals surface area (Å²) >= 11 is 0. The largest absolute Gasteiger partial charge is 0.478 e. The van der Waals surface area contributed by atoms with E-state index in [1.807, 2.05) is 34.6 Å². The van der Waals surface area contributed by atoms with Gasteiger partial charge in [-0.3, -0.25) is 14.5 Å². The lowest BCUT2D eigenvalue weighted by atomic mass is 9.84. The fraction of sp³-hybridized carbons (Fsp3) is 0.808. The maximum Gasteiger partial charge on any atom is 0.331 e. The number of aliphatic carboxylic acids is 1. The van der Waals surface area contributed by atoms with E-state index in [1.165, 1.54) is 6.92 Å². The second-order valence-corrected chi connectivity index (χ2v) is 11.0. The molecule has 2 N–H and O–H groups in total. The van der Waals surface area contributed by atoms with E-state index in [0.29, 0.717) is 6.04 Å². The SMILES string of the molecule is CCCC(C)N1CCCC[C@@H]1C(=O)NC(C(=O)N(C)[C@H](/C=C(\C)C(=O)O)C(C)C)C(C)(C)C. The minimum atomic E-state index is -0.999. The molecular weight excluding hydrogens is 418 g/mol. The van der Waals surface area contributed by atoms with Crippen molar-refractivity contribution < 1.29 is 19.5 Å². The molecule has 0 aliphatic carbocycles. The molecule has 1 saturated heterocycles. The van der Waals surface area contributed by atoms with Gasteiger partial charge in [0.2, 0.25) is 11.8 Å². The third-order valence-electron chi connectivity index (χ3n) is 6.76. The first-order chi connectivity index (χ1) is 15.2. The van der Waals surface area contributed by atoms with E-state index in [-0.39, 0.29) is 35.4 Å². The quantitative estimate of drug-likeness (QED) is 0.475. The van der Waals surface area contributed by atoms with Gasteiger partial charge in [0.25, 0.3) is 0 Å². The van der Waals surface area contributed by atoms with Crippen molar-refractivity contribution >= 4 is 17.8 Å². The third kappa shape index (κ3) is 8.13. The molecule has 0 saturated carbocycles. The third-order valence-corrected chi connectivity index (χ3v) is 6.76. The van der Waals surface area contributed by atoms with Crippen LogP contribution in [-0.4, -0.2) is 70.4 Å². The highest BCUT2D eigenvalue weighted by atomic mass is 16.4. The number of amides is 2. The summed E-state index contributed by atoms with van der Waals surface area (Å²) in [5, 5.41) is 12.4. The van der Waals surface area contributed by atoms with Crippen LogP contribution in [0.2, 0.25) is 0 Å². The van der Waals surface area contributed by atoms with Crippen LogP contribution in [0.25, 0.3) is 0 Å². The molecule has 33 heavy (non-hydrogen) atoms. The number of carbonyl (C=O) groups is 3. The summed E-state index contributed by atoms with van der Waals surface area (Å²) < 4.78 is 0. The first-order valence-corrected chi connectivity index (χ1v) is 12.5. The van der Waals surface area contributed by atoms with Crippen LogP contribution in [0.4, 0.5) is 0 Å². The summed E-state index contributed by atoms with van der Waals surface area (Å²) in [5.41, 5.74) is -0.296. The summed E-state index contributed by atoms with van der Waals surface area (Å²) in [5.74, 6) is -1.26. The number of hydrogen-bond acceptors (Lipinski definition) is 4. The van der Waals surface area contributed by atoms with Gasteiger partial charge in [0.05, 0.1) is 12.1 Å². The summed E-state index contributed by atoms with van der Waals surface area (Å²) in [6.07, 6.45) is 6.64. The fourth-order valence-electron chi connectivity index (χ4n) is 4.66. The van der Waals surface area contributed by atoms with Crippen molar-refractivity contribution in [2.24, 2.45) is 11.3 Å².